The summed E-state index contributed by atoms with van der Waals surface area (Å²) in [6.07, 6.45) is 0. The van der Waals surface area contributed by atoms with Crippen LogP contribution in [0.25, 0.3) is 0 Å². The number of hydrogen-bond donors (Lipinski definition) is 3. The Kier molecular flexibility index (Phi) is 5.97. The molecule has 0 saturated carbocycles. The van der Waals surface area contributed by atoms with Gasteiger partial charge in [0.2, 0.25) is 15.9 Å². The number of rotatable bonds is 6. The molecular weight excluding hydrogens is 343 g/mol. The predicted molar refractivity (Wildman–Crippen MR) is 77.3 cm³/mol. The summed E-state index contributed by atoms with van der Waals surface area (Å²) in [6.45, 7) is 1.53. The first kappa shape index (κ1) is 17.7. The molecule has 0 fully saturated rings. The van der Waals surface area contributed by atoms with Crippen LogP contribution in [0.4, 0.5) is 0 Å². The minimum Gasteiger partial charge on any atom is -0.478 e. The number of hydrogen-bond acceptors (Lipinski definition) is 4. The number of aromatic carboxylic acids is 1. The summed E-state index contributed by atoms with van der Waals surface area (Å²) in [4.78, 5) is 21.7. The highest BCUT2D eigenvalue weighted by Crippen LogP contribution is 2.29. The van der Waals surface area contributed by atoms with Crippen LogP contribution in [0.15, 0.2) is 17.0 Å². The second kappa shape index (κ2) is 7.08. The van der Waals surface area contributed by atoms with E-state index in [1.54, 1.807) is 6.92 Å². The predicted octanol–water partition coefficient (Wildman–Crippen LogP) is 1.11. The Morgan fingerprint density at radius 3 is 2.43 bits per heavy atom. The summed E-state index contributed by atoms with van der Waals surface area (Å²) in [7, 11) is -4.17. The van der Waals surface area contributed by atoms with Crippen molar-refractivity contribution in [3.8, 4) is 0 Å². The van der Waals surface area contributed by atoms with E-state index in [0.717, 1.165) is 12.1 Å². The Balaban J connectivity index is 3.14. The molecule has 0 heterocycles. The van der Waals surface area contributed by atoms with Crippen molar-refractivity contribution in [3.05, 3.63) is 27.7 Å². The standard InChI is InChI=1S/C11H12Cl2N2O5S/c1-2-14-9(16)5-15-21(19,20)8-4-6(12)3-7(10(8)13)11(17)18/h3-4,15H,2,5H2,1H3,(H,14,16)(H,17,18). The van der Waals surface area contributed by atoms with Gasteiger partial charge in [-0.05, 0) is 19.1 Å². The molecule has 0 radical (unpaired) electrons. The van der Waals surface area contributed by atoms with Crippen LogP contribution in [0.3, 0.4) is 0 Å². The summed E-state index contributed by atoms with van der Waals surface area (Å²) >= 11 is 11.5. The number of likely N-dealkylation sites (N-methyl/N-ethyl adjacent to an activating group) is 1. The maximum Gasteiger partial charge on any atom is 0.337 e. The van der Waals surface area contributed by atoms with Crippen LogP contribution < -0.4 is 10.0 Å². The molecule has 116 valence electrons. The van der Waals surface area contributed by atoms with Crippen LogP contribution in [0, 0.1) is 0 Å². The maximum atomic E-state index is 12.1. The van der Waals surface area contributed by atoms with Crippen LogP contribution in [-0.2, 0) is 14.8 Å². The summed E-state index contributed by atoms with van der Waals surface area (Å²) in [5.74, 6) is -1.94. The Bertz CT molecular complexity index is 675. The number of carboxylic acids is 1. The summed E-state index contributed by atoms with van der Waals surface area (Å²) in [6, 6.07) is 2.05. The average molecular weight is 355 g/mol. The lowest BCUT2D eigenvalue weighted by molar-refractivity contribution is -0.119. The maximum absolute atomic E-state index is 12.1. The topological polar surface area (TPSA) is 113 Å². The third kappa shape index (κ3) is 4.57. The molecule has 1 rings (SSSR count). The van der Waals surface area contributed by atoms with E-state index < -0.39 is 43.9 Å². The zero-order valence-electron chi connectivity index (χ0n) is 10.8. The summed E-state index contributed by atoms with van der Waals surface area (Å²) < 4.78 is 26.1. The molecule has 3 N–H and O–H groups in total. The largest absolute Gasteiger partial charge is 0.478 e. The number of benzene rings is 1. The van der Waals surface area contributed by atoms with Crippen molar-refractivity contribution in [2.75, 3.05) is 13.1 Å². The van der Waals surface area contributed by atoms with E-state index in [-0.39, 0.29) is 5.02 Å². The molecule has 0 atom stereocenters. The molecule has 0 aliphatic carbocycles. The van der Waals surface area contributed by atoms with E-state index in [9.17, 15) is 18.0 Å². The van der Waals surface area contributed by atoms with Gasteiger partial charge in [-0.15, -0.1) is 0 Å². The van der Waals surface area contributed by atoms with Gasteiger partial charge in [0.25, 0.3) is 0 Å². The van der Waals surface area contributed by atoms with Gasteiger partial charge in [-0.25, -0.2) is 17.9 Å². The molecule has 0 aliphatic rings. The number of carbonyl (C=O) groups excluding carboxylic acids is 1. The van der Waals surface area contributed by atoms with Crippen molar-refractivity contribution >= 4 is 45.1 Å². The normalized spacial score (nSPS) is 11.2. The molecule has 0 unspecified atom stereocenters. The second-order valence-electron chi connectivity index (χ2n) is 3.85. The quantitative estimate of drug-likeness (QED) is 0.708. The van der Waals surface area contributed by atoms with Crippen LogP contribution in [0.1, 0.15) is 17.3 Å². The molecular formula is C11H12Cl2N2O5S. The van der Waals surface area contributed by atoms with Gasteiger partial charge >= 0.3 is 5.97 Å². The minimum absolute atomic E-state index is 0.102. The van der Waals surface area contributed by atoms with Crippen LogP contribution >= 0.6 is 23.2 Å². The Labute approximate surface area is 131 Å². The Hall–Kier alpha value is -1.35. The highest BCUT2D eigenvalue weighted by molar-refractivity contribution is 7.89. The zero-order chi connectivity index (χ0) is 16.2. The number of carbonyl (C=O) groups is 2. The lowest BCUT2D eigenvalue weighted by Crippen LogP contribution is -2.36. The molecule has 0 aromatic heterocycles. The number of amides is 1. The second-order valence-corrected chi connectivity index (χ2v) is 6.40. The summed E-state index contributed by atoms with van der Waals surface area (Å²) in [5, 5.41) is 10.8. The highest BCUT2D eigenvalue weighted by atomic mass is 35.5. The molecule has 1 aromatic rings. The smallest absolute Gasteiger partial charge is 0.337 e. The fourth-order valence-corrected chi connectivity index (χ4v) is 3.30. The molecule has 21 heavy (non-hydrogen) atoms. The van der Waals surface area contributed by atoms with Crippen molar-refractivity contribution in [1.29, 1.82) is 0 Å². The first-order valence-corrected chi connectivity index (χ1v) is 7.91. The van der Waals surface area contributed by atoms with Gasteiger partial charge in [-0.1, -0.05) is 23.2 Å². The van der Waals surface area contributed by atoms with E-state index in [1.165, 1.54) is 0 Å². The van der Waals surface area contributed by atoms with Crippen LogP contribution in [0.2, 0.25) is 10.0 Å². The lowest BCUT2D eigenvalue weighted by atomic mass is 10.2. The van der Waals surface area contributed by atoms with Gasteiger partial charge in [-0.2, -0.15) is 0 Å². The van der Waals surface area contributed by atoms with E-state index >= 15 is 0 Å². The van der Waals surface area contributed by atoms with Crippen LogP contribution in [0.5, 0.6) is 0 Å². The number of sulfonamides is 1. The molecule has 0 spiro atoms. The summed E-state index contributed by atoms with van der Waals surface area (Å²) in [5.41, 5.74) is -0.442. The molecule has 10 heteroatoms. The van der Waals surface area contributed by atoms with Crippen molar-refractivity contribution in [2.24, 2.45) is 0 Å². The van der Waals surface area contributed by atoms with E-state index in [1.807, 2.05) is 4.72 Å². The van der Waals surface area contributed by atoms with E-state index in [2.05, 4.69) is 5.32 Å². The molecule has 1 amide bonds. The molecule has 0 bridgehead atoms. The van der Waals surface area contributed by atoms with Crippen LogP contribution in [-0.4, -0.2) is 38.5 Å². The molecule has 1 aromatic carbocycles. The van der Waals surface area contributed by atoms with Gasteiger partial charge in [0.15, 0.2) is 0 Å². The fourth-order valence-electron chi connectivity index (χ4n) is 1.41. The molecule has 0 saturated heterocycles. The SMILES string of the molecule is CCNC(=O)CNS(=O)(=O)c1cc(Cl)cc(C(=O)O)c1Cl. The van der Waals surface area contributed by atoms with Crippen molar-refractivity contribution in [2.45, 2.75) is 11.8 Å². The third-order valence-electron chi connectivity index (χ3n) is 2.32. The van der Waals surface area contributed by atoms with Crippen molar-refractivity contribution in [3.63, 3.8) is 0 Å². The van der Waals surface area contributed by atoms with Gasteiger partial charge in [0.05, 0.1) is 17.1 Å². The van der Waals surface area contributed by atoms with E-state index in [0.29, 0.717) is 6.54 Å². The molecule has 0 aliphatic heterocycles. The van der Waals surface area contributed by atoms with Gasteiger partial charge in [0, 0.05) is 11.6 Å². The lowest BCUT2D eigenvalue weighted by Gasteiger charge is -2.10. The van der Waals surface area contributed by atoms with Gasteiger partial charge < -0.3 is 10.4 Å². The molecule has 7 nitrogen and oxygen atoms in total. The fraction of sp³-hybridized carbons (Fsp3) is 0.273. The first-order chi connectivity index (χ1) is 9.69. The number of nitrogens with one attached hydrogen (secondary N) is 2. The van der Waals surface area contributed by atoms with Gasteiger partial charge in [0.1, 0.15) is 4.90 Å². The minimum atomic E-state index is -4.17. The Morgan fingerprint density at radius 2 is 1.90 bits per heavy atom. The first-order valence-electron chi connectivity index (χ1n) is 5.67. The monoisotopic (exact) mass is 354 g/mol. The number of carboxylic acid groups (broad SMARTS) is 1. The number of halogens is 2. The zero-order valence-corrected chi connectivity index (χ0v) is 13.1. The third-order valence-corrected chi connectivity index (χ3v) is 4.48. The highest BCUT2D eigenvalue weighted by Gasteiger charge is 2.24. The van der Waals surface area contributed by atoms with Gasteiger partial charge in [-0.3, -0.25) is 4.79 Å². The Morgan fingerprint density at radius 1 is 1.29 bits per heavy atom. The van der Waals surface area contributed by atoms with E-state index in [4.69, 9.17) is 28.3 Å². The van der Waals surface area contributed by atoms with Crippen molar-refractivity contribution < 1.29 is 23.1 Å². The van der Waals surface area contributed by atoms with Crippen molar-refractivity contribution in [1.82, 2.24) is 10.0 Å². The average Bonchev–Trinajstić information content (AvgIpc) is 2.39.